The Labute approximate surface area is 97.5 Å². The summed E-state index contributed by atoms with van der Waals surface area (Å²) in [5.74, 6) is 0. The number of hydrogen-bond acceptors (Lipinski definition) is 3. The van der Waals surface area contributed by atoms with Crippen molar-refractivity contribution in [1.82, 2.24) is 15.5 Å². The standard InChI is InChI=1S/C10H12ClN3S/c1-7(8-4-10(11)15-6-8)12-5-9-2-3-13-14-9/h2-4,6-7,12H,5H2,1H3,(H,13,14). The van der Waals surface area contributed by atoms with E-state index < -0.39 is 0 Å². The van der Waals surface area contributed by atoms with Gasteiger partial charge in [0.1, 0.15) is 0 Å². The summed E-state index contributed by atoms with van der Waals surface area (Å²) in [6, 6.07) is 4.26. The normalized spacial score (nSPS) is 12.9. The van der Waals surface area contributed by atoms with E-state index in [0.29, 0.717) is 6.04 Å². The molecule has 80 valence electrons. The van der Waals surface area contributed by atoms with Gasteiger partial charge in [0.2, 0.25) is 0 Å². The molecular weight excluding hydrogens is 230 g/mol. The molecular formula is C10H12ClN3S. The number of halogens is 1. The molecule has 2 aromatic heterocycles. The van der Waals surface area contributed by atoms with Crippen molar-refractivity contribution in [3.8, 4) is 0 Å². The van der Waals surface area contributed by atoms with Crippen LogP contribution in [-0.4, -0.2) is 10.2 Å². The number of aromatic nitrogens is 2. The summed E-state index contributed by atoms with van der Waals surface area (Å²) in [4.78, 5) is 0. The lowest BCUT2D eigenvalue weighted by atomic mass is 10.2. The predicted octanol–water partition coefficient (Wildman–Crippen LogP) is 2.98. The van der Waals surface area contributed by atoms with Crippen LogP contribution >= 0.6 is 22.9 Å². The maximum Gasteiger partial charge on any atom is 0.0931 e. The highest BCUT2D eigenvalue weighted by molar-refractivity contribution is 7.14. The first-order valence-electron chi connectivity index (χ1n) is 4.71. The summed E-state index contributed by atoms with van der Waals surface area (Å²) < 4.78 is 0.834. The predicted molar refractivity (Wildman–Crippen MR) is 63.2 cm³/mol. The highest BCUT2D eigenvalue weighted by atomic mass is 35.5. The minimum atomic E-state index is 0.303. The fraction of sp³-hybridized carbons (Fsp3) is 0.300. The van der Waals surface area contributed by atoms with E-state index in [1.54, 1.807) is 17.5 Å². The van der Waals surface area contributed by atoms with Crippen LogP contribution in [0.2, 0.25) is 4.34 Å². The van der Waals surface area contributed by atoms with Gasteiger partial charge in [0.25, 0.3) is 0 Å². The van der Waals surface area contributed by atoms with Crippen LogP contribution in [0.1, 0.15) is 24.2 Å². The second kappa shape index (κ2) is 4.79. The molecule has 0 radical (unpaired) electrons. The van der Waals surface area contributed by atoms with Crippen LogP contribution in [-0.2, 0) is 6.54 Å². The third-order valence-corrected chi connectivity index (χ3v) is 3.35. The molecule has 2 heterocycles. The van der Waals surface area contributed by atoms with Crippen LogP contribution in [0.4, 0.5) is 0 Å². The highest BCUT2D eigenvalue weighted by Gasteiger charge is 2.07. The zero-order chi connectivity index (χ0) is 10.7. The van der Waals surface area contributed by atoms with Gasteiger partial charge in [0, 0.05) is 24.5 Å². The topological polar surface area (TPSA) is 40.7 Å². The molecule has 0 aliphatic rings. The van der Waals surface area contributed by atoms with E-state index in [1.807, 2.05) is 12.1 Å². The van der Waals surface area contributed by atoms with Gasteiger partial charge in [-0.3, -0.25) is 5.10 Å². The van der Waals surface area contributed by atoms with Crippen LogP contribution in [0, 0.1) is 0 Å². The fourth-order valence-corrected chi connectivity index (χ4v) is 2.30. The molecule has 0 saturated carbocycles. The number of hydrogen-bond donors (Lipinski definition) is 2. The quantitative estimate of drug-likeness (QED) is 0.864. The fourth-order valence-electron chi connectivity index (χ4n) is 1.31. The zero-order valence-electron chi connectivity index (χ0n) is 8.33. The summed E-state index contributed by atoms with van der Waals surface area (Å²) in [5, 5.41) is 12.3. The van der Waals surface area contributed by atoms with E-state index in [1.165, 1.54) is 5.56 Å². The second-order valence-electron chi connectivity index (χ2n) is 3.37. The van der Waals surface area contributed by atoms with E-state index in [-0.39, 0.29) is 0 Å². The number of thiophene rings is 1. The molecule has 2 rings (SSSR count). The first-order chi connectivity index (χ1) is 7.25. The van der Waals surface area contributed by atoms with Crippen LogP contribution in [0.25, 0.3) is 0 Å². The summed E-state index contributed by atoms with van der Waals surface area (Å²) in [6.07, 6.45) is 1.75. The van der Waals surface area contributed by atoms with E-state index in [9.17, 15) is 0 Å². The Morgan fingerprint density at radius 2 is 2.53 bits per heavy atom. The third kappa shape index (κ3) is 2.81. The molecule has 5 heteroatoms. The molecule has 0 aliphatic carbocycles. The van der Waals surface area contributed by atoms with Gasteiger partial charge in [-0.2, -0.15) is 5.10 Å². The zero-order valence-corrected chi connectivity index (χ0v) is 9.90. The minimum Gasteiger partial charge on any atom is -0.305 e. The molecule has 15 heavy (non-hydrogen) atoms. The highest BCUT2D eigenvalue weighted by Crippen LogP contribution is 2.24. The Balaban J connectivity index is 1.90. The van der Waals surface area contributed by atoms with Gasteiger partial charge in [0.15, 0.2) is 0 Å². The van der Waals surface area contributed by atoms with Crippen molar-refractivity contribution in [2.45, 2.75) is 19.5 Å². The Bertz CT molecular complexity index is 410. The number of H-pyrrole nitrogens is 1. The molecule has 0 amide bonds. The van der Waals surface area contributed by atoms with Crippen LogP contribution in [0.5, 0.6) is 0 Å². The molecule has 0 bridgehead atoms. The first-order valence-corrected chi connectivity index (χ1v) is 5.97. The van der Waals surface area contributed by atoms with Crippen molar-refractivity contribution >= 4 is 22.9 Å². The molecule has 0 aliphatic heterocycles. The van der Waals surface area contributed by atoms with E-state index in [2.05, 4.69) is 27.8 Å². The molecule has 1 unspecified atom stereocenters. The third-order valence-electron chi connectivity index (χ3n) is 2.24. The smallest absolute Gasteiger partial charge is 0.0931 e. The second-order valence-corrected chi connectivity index (χ2v) is 4.91. The minimum absolute atomic E-state index is 0.303. The Morgan fingerprint density at radius 1 is 1.67 bits per heavy atom. The largest absolute Gasteiger partial charge is 0.305 e. The lowest BCUT2D eigenvalue weighted by molar-refractivity contribution is 0.568. The van der Waals surface area contributed by atoms with Crippen LogP contribution in [0.3, 0.4) is 0 Å². The first kappa shape index (κ1) is 10.7. The van der Waals surface area contributed by atoms with E-state index >= 15 is 0 Å². The lowest BCUT2D eigenvalue weighted by Crippen LogP contribution is -2.17. The average Bonchev–Trinajstić information content (AvgIpc) is 2.84. The summed E-state index contributed by atoms with van der Waals surface area (Å²) in [5.41, 5.74) is 2.31. The molecule has 2 aromatic rings. The SMILES string of the molecule is CC(NCc1ccn[nH]1)c1csc(Cl)c1. The van der Waals surface area contributed by atoms with E-state index in [4.69, 9.17) is 11.6 Å². The number of nitrogens with one attached hydrogen (secondary N) is 2. The van der Waals surface area contributed by atoms with Crippen LogP contribution < -0.4 is 5.32 Å². The lowest BCUT2D eigenvalue weighted by Gasteiger charge is -2.10. The van der Waals surface area contributed by atoms with Crippen LogP contribution in [0.15, 0.2) is 23.7 Å². The van der Waals surface area contributed by atoms with Crippen molar-refractivity contribution in [3.63, 3.8) is 0 Å². The molecule has 0 aromatic carbocycles. The molecule has 0 spiro atoms. The van der Waals surface area contributed by atoms with E-state index in [0.717, 1.165) is 16.6 Å². The van der Waals surface area contributed by atoms with Crippen molar-refractivity contribution in [2.24, 2.45) is 0 Å². The van der Waals surface area contributed by atoms with Gasteiger partial charge in [-0.1, -0.05) is 11.6 Å². The Kier molecular flexibility index (Phi) is 3.41. The Hall–Kier alpha value is -0.840. The number of aromatic amines is 1. The summed E-state index contributed by atoms with van der Waals surface area (Å²) >= 11 is 7.44. The molecule has 0 saturated heterocycles. The Morgan fingerprint density at radius 3 is 3.13 bits per heavy atom. The van der Waals surface area contributed by atoms with Crippen molar-refractivity contribution in [1.29, 1.82) is 0 Å². The van der Waals surface area contributed by atoms with Crippen molar-refractivity contribution in [2.75, 3.05) is 0 Å². The monoisotopic (exact) mass is 241 g/mol. The van der Waals surface area contributed by atoms with Gasteiger partial charge < -0.3 is 5.32 Å². The summed E-state index contributed by atoms with van der Waals surface area (Å²) in [6.45, 7) is 2.91. The number of nitrogens with zero attached hydrogens (tertiary/aromatic N) is 1. The van der Waals surface area contributed by atoms with Gasteiger partial charge in [-0.05, 0) is 30.0 Å². The van der Waals surface area contributed by atoms with Gasteiger partial charge in [0.05, 0.1) is 4.34 Å². The molecule has 1 atom stereocenters. The molecule has 3 nitrogen and oxygen atoms in total. The maximum absolute atomic E-state index is 5.88. The summed E-state index contributed by atoms with van der Waals surface area (Å²) in [7, 11) is 0. The molecule has 2 N–H and O–H groups in total. The van der Waals surface area contributed by atoms with Gasteiger partial charge in [-0.15, -0.1) is 11.3 Å². The molecule has 0 fully saturated rings. The average molecular weight is 242 g/mol. The van der Waals surface area contributed by atoms with Gasteiger partial charge in [-0.25, -0.2) is 0 Å². The maximum atomic E-state index is 5.88. The van der Waals surface area contributed by atoms with Crippen molar-refractivity contribution in [3.05, 3.63) is 39.3 Å². The van der Waals surface area contributed by atoms with Crippen molar-refractivity contribution < 1.29 is 0 Å². The van der Waals surface area contributed by atoms with Gasteiger partial charge >= 0.3 is 0 Å². The number of rotatable bonds is 4.